The Labute approximate surface area is 156 Å². The Morgan fingerprint density at radius 3 is 2.38 bits per heavy atom. The summed E-state index contributed by atoms with van der Waals surface area (Å²) in [5.74, 6) is 6.18. The van der Waals surface area contributed by atoms with Crippen LogP contribution in [0, 0.1) is 11.8 Å². The van der Waals surface area contributed by atoms with Crippen molar-refractivity contribution in [2.24, 2.45) is 0 Å². The first-order valence-electron chi connectivity index (χ1n) is 8.62. The summed E-state index contributed by atoms with van der Waals surface area (Å²) >= 11 is 0. The number of allylic oxidation sites excluding steroid dienone is 1. The Hall–Kier alpha value is -3.06. The zero-order valence-electron chi connectivity index (χ0n) is 15.9. The quantitative estimate of drug-likeness (QED) is 0.601. The van der Waals surface area contributed by atoms with Gasteiger partial charge in [0.1, 0.15) is 12.1 Å². The number of cyclic esters (lactones) is 1. The van der Waals surface area contributed by atoms with Crippen LogP contribution in [-0.4, -0.2) is 17.7 Å². The van der Waals surface area contributed by atoms with Gasteiger partial charge in [0.15, 0.2) is 0 Å². The fourth-order valence-electron chi connectivity index (χ4n) is 2.14. The Morgan fingerprint density at radius 2 is 1.81 bits per heavy atom. The molecule has 0 aliphatic carbocycles. The van der Waals surface area contributed by atoms with Crippen molar-refractivity contribution in [1.29, 1.82) is 0 Å². The lowest BCUT2D eigenvalue weighted by Gasteiger charge is -2.20. The number of amides is 1. The van der Waals surface area contributed by atoms with E-state index in [4.69, 9.17) is 4.74 Å². The number of ether oxygens (including phenoxy) is 1. The average molecular weight is 350 g/mol. The van der Waals surface area contributed by atoms with Crippen molar-refractivity contribution in [3.63, 3.8) is 0 Å². The summed E-state index contributed by atoms with van der Waals surface area (Å²) in [7, 11) is 0. The Kier molecular flexibility index (Phi) is 8.66. The molecule has 0 saturated carbocycles. The normalized spacial score (nSPS) is 17.0. The van der Waals surface area contributed by atoms with Gasteiger partial charge in [0, 0.05) is 29.1 Å². The Balaban J connectivity index is 0.000000615. The molecule has 4 nitrogen and oxygen atoms in total. The molecule has 1 aliphatic heterocycles. The second-order valence-electron chi connectivity index (χ2n) is 5.52. The maximum absolute atomic E-state index is 11.2. The van der Waals surface area contributed by atoms with Crippen LogP contribution in [0.15, 0.2) is 61.4 Å². The van der Waals surface area contributed by atoms with Gasteiger partial charge in [-0.25, -0.2) is 4.79 Å². The van der Waals surface area contributed by atoms with Gasteiger partial charge in [-0.15, -0.1) is 6.58 Å². The molecule has 1 fully saturated rings. The van der Waals surface area contributed by atoms with Crippen LogP contribution in [0.3, 0.4) is 0 Å². The summed E-state index contributed by atoms with van der Waals surface area (Å²) in [6, 6.07) is 11.7. The van der Waals surface area contributed by atoms with Gasteiger partial charge in [-0.1, -0.05) is 50.0 Å². The molecule has 2 aromatic rings. The number of pyridine rings is 1. The van der Waals surface area contributed by atoms with Crippen molar-refractivity contribution in [2.75, 3.05) is 6.61 Å². The van der Waals surface area contributed by atoms with E-state index in [1.165, 1.54) is 0 Å². The van der Waals surface area contributed by atoms with E-state index in [0.29, 0.717) is 6.61 Å². The van der Waals surface area contributed by atoms with Crippen LogP contribution in [0.2, 0.25) is 0 Å². The van der Waals surface area contributed by atoms with Crippen molar-refractivity contribution in [3.8, 4) is 11.8 Å². The van der Waals surface area contributed by atoms with Gasteiger partial charge >= 0.3 is 6.09 Å². The average Bonchev–Trinajstić information content (AvgIpc) is 3.04. The Bertz CT molecular complexity index is 775. The molecule has 1 N–H and O–H groups in total. The van der Waals surface area contributed by atoms with Crippen LogP contribution in [0.5, 0.6) is 0 Å². The number of benzene rings is 1. The highest BCUT2D eigenvalue weighted by Gasteiger charge is 2.36. The second kappa shape index (κ2) is 10.7. The SMILES string of the molecule is C=CC.CC.C[C@@]1(c2cncc(C#Cc3ccccc3)c2)COC(=O)N1. The number of nitrogens with zero attached hydrogens (tertiary/aromatic N) is 1. The zero-order valence-corrected chi connectivity index (χ0v) is 15.9. The fraction of sp³-hybridized carbons (Fsp3) is 0.273. The van der Waals surface area contributed by atoms with Gasteiger partial charge in [-0.2, -0.15) is 0 Å². The maximum atomic E-state index is 11.2. The first-order chi connectivity index (χ1) is 12.6. The van der Waals surface area contributed by atoms with Gasteiger partial charge in [0.25, 0.3) is 0 Å². The van der Waals surface area contributed by atoms with E-state index in [0.717, 1.165) is 16.7 Å². The molecular formula is C22H26N2O2. The molecule has 2 heterocycles. The summed E-state index contributed by atoms with van der Waals surface area (Å²) < 4.78 is 4.98. The molecule has 1 atom stereocenters. The number of carbonyl (C=O) groups excluding carboxylic acids is 1. The summed E-state index contributed by atoms with van der Waals surface area (Å²) in [5, 5.41) is 2.80. The van der Waals surface area contributed by atoms with Gasteiger partial charge in [0.05, 0.1) is 0 Å². The van der Waals surface area contributed by atoms with Crippen molar-refractivity contribution in [2.45, 2.75) is 33.2 Å². The number of hydrogen-bond acceptors (Lipinski definition) is 3. The molecule has 1 amide bonds. The topological polar surface area (TPSA) is 51.2 Å². The van der Waals surface area contributed by atoms with Crippen molar-refractivity contribution < 1.29 is 9.53 Å². The minimum atomic E-state index is -0.547. The lowest BCUT2D eigenvalue weighted by molar-refractivity contribution is 0.173. The lowest BCUT2D eigenvalue weighted by Crippen LogP contribution is -2.37. The van der Waals surface area contributed by atoms with Gasteiger partial charge in [0.2, 0.25) is 0 Å². The van der Waals surface area contributed by atoms with Crippen LogP contribution in [0.4, 0.5) is 4.79 Å². The largest absolute Gasteiger partial charge is 0.447 e. The molecule has 4 heteroatoms. The van der Waals surface area contributed by atoms with Crippen molar-refractivity contribution >= 4 is 6.09 Å². The van der Waals surface area contributed by atoms with E-state index < -0.39 is 11.6 Å². The molecule has 1 aromatic carbocycles. The summed E-state index contributed by atoms with van der Waals surface area (Å²) in [5.41, 5.74) is 2.09. The van der Waals surface area contributed by atoms with Gasteiger partial charge in [-0.3, -0.25) is 4.98 Å². The van der Waals surface area contributed by atoms with Crippen LogP contribution in [0.1, 0.15) is 44.4 Å². The third-order valence-electron chi connectivity index (χ3n) is 3.37. The van der Waals surface area contributed by atoms with E-state index in [-0.39, 0.29) is 0 Å². The molecule has 0 unspecified atom stereocenters. The minimum absolute atomic E-state index is 0.295. The first kappa shape index (κ1) is 21.0. The third-order valence-corrected chi connectivity index (χ3v) is 3.37. The summed E-state index contributed by atoms with van der Waals surface area (Å²) in [4.78, 5) is 15.4. The van der Waals surface area contributed by atoms with Crippen molar-refractivity contribution in [1.82, 2.24) is 10.3 Å². The lowest BCUT2D eigenvalue weighted by atomic mass is 9.94. The molecule has 136 valence electrons. The van der Waals surface area contributed by atoms with Gasteiger partial charge < -0.3 is 10.1 Å². The standard InChI is InChI=1S/C17H14N2O2.C3H6.C2H6/c1-17(12-21-16(20)19-17)15-9-14(10-18-11-15)8-7-13-5-3-2-4-6-13;1-3-2;1-2/h2-6,9-11H,12H2,1H3,(H,19,20);3H,1H2,2H3;1-2H3/t17-;;/m0../s1. The molecular weight excluding hydrogens is 324 g/mol. The molecule has 3 rings (SSSR count). The van der Waals surface area contributed by atoms with Crippen LogP contribution >= 0.6 is 0 Å². The van der Waals surface area contributed by atoms with Crippen molar-refractivity contribution in [3.05, 3.63) is 78.1 Å². The van der Waals surface area contributed by atoms with Crippen LogP contribution < -0.4 is 5.32 Å². The number of nitrogens with one attached hydrogen (secondary N) is 1. The highest BCUT2D eigenvalue weighted by Crippen LogP contribution is 2.25. The molecule has 1 saturated heterocycles. The molecule has 1 aliphatic rings. The molecule has 0 bridgehead atoms. The number of hydrogen-bond donors (Lipinski definition) is 1. The predicted molar refractivity (Wildman–Crippen MR) is 106 cm³/mol. The minimum Gasteiger partial charge on any atom is -0.447 e. The van der Waals surface area contributed by atoms with Crippen LogP contribution in [0.25, 0.3) is 0 Å². The van der Waals surface area contributed by atoms with E-state index in [1.54, 1.807) is 18.5 Å². The zero-order chi connectivity index (χ0) is 19.4. The highest BCUT2D eigenvalue weighted by atomic mass is 16.6. The first-order valence-corrected chi connectivity index (χ1v) is 8.62. The van der Waals surface area contributed by atoms with Gasteiger partial charge in [-0.05, 0) is 32.0 Å². The number of carbonyl (C=O) groups is 1. The molecule has 26 heavy (non-hydrogen) atoms. The predicted octanol–water partition coefficient (Wildman–Crippen LogP) is 4.65. The van der Waals surface area contributed by atoms with E-state index in [1.807, 2.05) is 64.1 Å². The highest BCUT2D eigenvalue weighted by molar-refractivity contribution is 5.71. The molecule has 0 spiro atoms. The fourth-order valence-corrected chi connectivity index (χ4v) is 2.14. The summed E-state index contributed by atoms with van der Waals surface area (Å²) in [6.45, 7) is 11.5. The number of alkyl carbamates (subject to hydrolysis) is 1. The monoisotopic (exact) mass is 350 g/mol. The second-order valence-corrected chi connectivity index (χ2v) is 5.52. The number of rotatable bonds is 1. The van der Waals surface area contributed by atoms with E-state index in [9.17, 15) is 4.79 Å². The maximum Gasteiger partial charge on any atom is 0.408 e. The third kappa shape index (κ3) is 6.10. The number of aromatic nitrogens is 1. The van der Waals surface area contributed by atoms with E-state index in [2.05, 4.69) is 28.7 Å². The molecule has 1 aromatic heterocycles. The molecule has 0 radical (unpaired) electrons. The van der Waals surface area contributed by atoms with E-state index >= 15 is 0 Å². The Morgan fingerprint density at radius 1 is 1.19 bits per heavy atom. The summed E-state index contributed by atoms with van der Waals surface area (Å²) in [6.07, 6.45) is 4.78. The van der Waals surface area contributed by atoms with Crippen LogP contribution in [-0.2, 0) is 10.3 Å². The smallest absolute Gasteiger partial charge is 0.408 e.